The molecule has 0 radical (unpaired) electrons. The molecule has 1 heterocycles. The highest BCUT2D eigenvalue weighted by atomic mass is 16.2. The first-order valence-electron chi connectivity index (χ1n) is 7.20. The van der Waals surface area contributed by atoms with Gasteiger partial charge in [0.15, 0.2) is 0 Å². The largest absolute Gasteiger partial charge is 0.333 e. The molecule has 3 rings (SSSR count). The standard InChI is InChI=1S/C17H20N2O/c1-12-13(2)19(10-9-18-12)17(20)16-8-7-14-5-3-4-6-15(14)11-16/h3-8,11-13,18H,9-10H2,1-2H3. The van der Waals surface area contributed by atoms with Crippen LogP contribution in [0.15, 0.2) is 42.5 Å². The minimum atomic E-state index is 0.136. The third-order valence-electron chi connectivity index (χ3n) is 4.29. The van der Waals surface area contributed by atoms with Crippen LogP contribution >= 0.6 is 0 Å². The summed E-state index contributed by atoms with van der Waals surface area (Å²) >= 11 is 0. The Morgan fingerprint density at radius 3 is 2.70 bits per heavy atom. The average molecular weight is 268 g/mol. The van der Waals surface area contributed by atoms with E-state index in [2.05, 4.69) is 31.3 Å². The van der Waals surface area contributed by atoms with Crippen LogP contribution in [0.25, 0.3) is 10.8 Å². The van der Waals surface area contributed by atoms with Crippen LogP contribution < -0.4 is 5.32 Å². The fraction of sp³-hybridized carbons (Fsp3) is 0.353. The molecule has 0 aliphatic carbocycles. The molecule has 1 amide bonds. The Bertz CT molecular complexity index is 638. The SMILES string of the molecule is CC1NCCN(C(=O)c2ccc3ccccc3c2)C1C. The van der Waals surface area contributed by atoms with Crippen molar-refractivity contribution in [3.8, 4) is 0 Å². The van der Waals surface area contributed by atoms with Crippen molar-refractivity contribution in [3.63, 3.8) is 0 Å². The predicted molar refractivity (Wildman–Crippen MR) is 81.9 cm³/mol. The van der Waals surface area contributed by atoms with Gasteiger partial charge in [0.05, 0.1) is 0 Å². The molecule has 2 atom stereocenters. The quantitative estimate of drug-likeness (QED) is 0.862. The van der Waals surface area contributed by atoms with Gasteiger partial charge in [0.25, 0.3) is 5.91 Å². The van der Waals surface area contributed by atoms with Crippen molar-refractivity contribution in [2.24, 2.45) is 0 Å². The second-order valence-corrected chi connectivity index (χ2v) is 5.54. The number of nitrogens with one attached hydrogen (secondary N) is 1. The lowest BCUT2D eigenvalue weighted by Crippen LogP contribution is -2.57. The van der Waals surface area contributed by atoms with Crippen LogP contribution in [0.1, 0.15) is 24.2 Å². The first kappa shape index (κ1) is 13.1. The van der Waals surface area contributed by atoms with E-state index in [4.69, 9.17) is 0 Å². The lowest BCUT2D eigenvalue weighted by atomic mass is 10.0. The molecule has 2 aromatic carbocycles. The predicted octanol–water partition coefficient (Wildman–Crippen LogP) is 2.66. The minimum Gasteiger partial charge on any atom is -0.333 e. The maximum absolute atomic E-state index is 12.7. The molecule has 1 saturated heterocycles. The molecule has 20 heavy (non-hydrogen) atoms. The monoisotopic (exact) mass is 268 g/mol. The molecule has 2 unspecified atom stereocenters. The van der Waals surface area contributed by atoms with E-state index in [-0.39, 0.29) is 11.9 Å². The number of amides is 1. The highest BCUT2D eigenvalue weighted by molar-refractivity contribution is 5.98. The molecule has 1 aliphatic heterocycles. The topological polar surface area (TPSA) is 32.3 Å². The fourth-order valence-electron chi connectivity index (χ4n) is 2.83. The van der Waals surface area contributed by atoms with Crippen molar-refractivity contribution < 1.29 is 4.79 Å². The van der Waals surface area contributed by atoms with Crippen LogP contribution in [0.2, 0.25) is 0 Å². The van der Waals surface area contributed by atoms with Crippen LogP contribution in [-0.4, -0.2) is 36.0 Å². The Morgan fingerprint density at radius 1 is 1.15 bits per heavy atom. The molecule has 104 valence electrons. The van der Waals surface area contributed by atoms with E-state index >= 15 is 0 Å². The summed E-state index contributed by atoms with van der Waals surface area (Å²) in [6, 6.07) is 14.7. The maximum atomic E-state index is 12.7. The van der Waals surface area contributed by atoms with Gasteiger partial charge >= 0.3 is 0 Å². The molecule has 3 nitrogen and oxygen atoms in total. The number of carbonyl (C=O) groups is 1. The molecule has 0 aromatic heterocycles. The number of hydrogen-bond donors (Lipinski definition) is 1. The summed E-state index contributed by atoms with van der Waals surface area (Å²) in [7, 11) is 0. The second-order valence-electron chi connectivity index (χ2n) is 5.54. The number of nitrogens with zero attached hydrogens (tertiary/aromatic N) is 1. The van der Waals surface area contributed by atoms with Gasteiger partial charge in [-0.15, -0.1) is 0 Å². The zero-order chi connectivity index (χ0) is 14.1. The van der Waals surface area contributed by atoms with Crippen LogP contribution in [0.3, 0.4) is 0 Å². The van der Waals surface area contributed by atoms with Crippen LogP contribution in [-0.2, 0) is 0 Å². The van der Waals surface area contributed by atoms with Gasteiger partial charge in [-0.2, -0.15) is 0 Å². The molecule has 3 heteroatoms. The maximum Gasteiger partial charge on any atom is 0.254 e. The molecule has 1 fully saturated rings. The summed E-state index contributed by atoms with van der Waals surface area (Å²) in [4.78, 5) is 14.7. The van der Waals surface area contributed by atoms with Crippen LogP contribution in [0, 0.1) is 0 Å². The van der Waals surface area contributed by atoms with Gasteiger partial charge in [0.1, 0.15) is 0 Å². The Labute approximate surface area is 119 Å². The minimum absolute atomic E-state index is 0.136. The number of benzene rings is 2. The lowest BCUT2D eigenvalue weighted by molar-refractivity contribution is 0.0603. The number of hydrogen-bond acceptors (Lipinski definition) is 2. The average Bonchev–Trinajstić information content (AvgIpc) is 2.49. The molecular weight excluding hydrogens is 248 g/mol. The van der Waals surface area contributed by atoms with Crippen molar-refractivity contribution >= 4 is 16.7 Å². The van der Waals surface area contributed by atoms with Gasteiger partial charge in [-0.25, -0.2) is 0 Å². The normalized spacial score (nSPS) is 23.0. The number of rotatable bonds is 1. The van der Waals surface area contributed by atoms with Gasteiger partial charge < -0.3 is 10.2 Å². The van der Waals surface area contributed by atoms with Crippen molar-refractivity contribution in [1.29, 1.82) is 0 Å². The van der Waals surface area contributed by atoms with Gasteiger partial charge in [-0.1, -0.05) is 30.3 Å². The van der Waals surface area contributed by atoms with Crippen molar-refractivity contribution in [3.05, 3.63) is 48.0 Å². The molecule has 2 aromatic rings. The Morgan fingerprint density at radius 2 is 1.90 bits per heavy atom. The zero-order valence-corrected chi connectivity index (χ0v) is 12.0. The third-order valence-corrected chi connectivity index (χ3v) is 4.29. The third kappa shape index (κ3) is 2.29. The second kappa shape index (κ2) is 5.25. The van der Waals surface area contributed by atoms with Crippen molar-refractivity contribution in [1.82, 2.24) is 10.2 Å². The van der Waals surface area contributed by atoms with Crippen LogP contribution in [0.5, 0.6) is 0 Å². The Kier molecular flexibility index (Phi) is 3.45. The zero-order valence-electron chi connectivity index (χ0n) is 12.0. The van der Waals surface area contributed by atoms with E-state index < -0.39 is 0 Å². The summed E-state index contributed by atoms with van der Waals surface area (Å²) in [6.45, 7) is 5.88. The Balaban J connectivity index is 1.91. The number of carbonyl (C=O) groups excluding carboxylic acids is 1. The van der Waals surface area contributed by atoms with Gasteiger partial charge in [0, 0.05) is 30.7 Å². The fourth-order valence-corrected chi connectivity index (χ4v) is 2.83. The van der Waals surface area contributed by atoms with E-state index in [1.807, 2.05) is 35.2 Å². The van der Waals surface area contributed by atoms with Gasteiger partial charge in [-0.3, -0.25) is 4.79 Å². The lowest BCUT2D eigenvalue weighted by Gasteiger charge is -2.38. The van der Waals surface area contributed by atoms with E-state index in [1.165, 1.54) is 5.39 Å². The summed E-state index contributed by atoms with van der Waals surface area (Å²) in [5.41, 5.74) is 0.782. The van der Waals surface area contributed by atoms with Crippen molar-refractivity contribution in [2.45, 2.75) is 25.9 Å². The number of piperazine rings is 1. The molecular formula is C17H20N2O. The Hall–Kier alpha value is -1.87. The van der Waals surface area contributed by atoms with E-state index in [0.29, 0.717) is 6.04 Å². The summed E-state index contributed by atoms with van der Waals surface area (Å²) < 4.78 is 0. The van der Waals surface area contributed by atoms with E-state index in [0.717, 1.165) is 24.0 Å². The van der Waals surface area contributed by atoms with Gasteiger partial charge in [0.2, 0.25) is 0 Å². The smallest absolute Gasteiger partial charge is 0.254 e. The highest BCUT2D eigenvalue weighted by Gasteiger charge is 2.28. The first-order chi connectivity index (χ1) is 9.66. The van der Waals surface area contributed by atoms with E-state index in [9.17, 15) is 4.79 Å². The molecule has 1 aliphatic rings. The first-order valence-corrected chi connectivity index (χ1v) is 7.20. The number of fused-ring (bicyclic) bond motifs is 1. The van der Waals surface area contributed by atoms with E-state index in [1.54, 1.807) is 0 Å². The summed E-state index contributed by atoms with van der Waals surface area (Å²) in [5.74, 6) is 0.136. The summed E-state index contributed by atoms with van der Waals surface area (Å²) in [5, 5.41) is 5.70. The molecule has 0 saturated carbocycles. The molecule has 0 bridgehead atoms. The van der Waals surface area contributed by atoms with Crippen molar-refractivity contribution in [2.75, 3.05) is 13.1 Å². The molecule has 1 N–H and O–H groups in total. The highest BCUT2D eigenvalue weighted by Crippen LogP contribution is 2.19. The van der Waals surface area contributed by atoms with Gasteiger partial charge in [-0.05, 0) is 36.8 Å². The summed E-state index contributed by atoms with van der Waals surface area (Å²) in [6.07, 6.45) is 0. The van der Waals surface area contributed by atoms with Crippen LogP contribution in [0.4, 0.5) is 0 Å². The molecule has 0 spiro atoms.